The van der Waals surface area contributed by atoms with E-state index in [-0.39, 0.29) is 23.2 Å². The summed E-state index contributed by atoms with van der Waals surface area (Å²) in [5.41, 5.74) is 10.3. The number of benzene rings is 4. The molecule has 9 nitrogen and oxygen atoms in total. The van der Waals surface area contributed by atoms with Gasteiger partial charge in [-0.2, -0.15) is 0 Å². The van der Waals surface area contributed by atoms with Gasteiger partial charge in [-0.3, -0.25) is 9.52 Å². The molecule has 1 amide bonds. The van der Waals surface area contributed by atoms with E-state index in [0.717, 1.165) is 11.3 Å². The molecule has 0 bridgehead atoms. The van der Waals surface area contributed by atoms with Crippen LogP contribution >= 0.6 is 0 Å². The maximum absolute atomic E-state index is 13.2. The van der Waals surface area contributed by atoms with Crippen LogP contribution in [0.1, 0.15) is 23.6 Å². The van der Waals surface area contributed by atoms with Gasteiger partial charge in [0.2, 0.25) is 5.91 Å². The maximum atomic E-state index is 13.2. The second-order valence-electron chi connectivity index (χ2n) is 9.49. The molecule has 0 spiro atoms. The van der Waals surface area contributed by atoms with E-state index in [1.807, 2.05) is 30.3 Å². The summed E-state index contributed by atoms with van der Waals surface area (Å²) in [4.78, 5) is 21.2. The number of carbonyl (C=O) groups is 1. The third-order valence-electron chi connectivity index (χ3n) is 6.71. The fourth-order valence-electron chi connectivity index (χ4n) is 4.46. The van der Waals surface area contributed by atoms with Crippen molar-refractivity contribution < 1.29 is 18.3 Å². The first-order valence-electron chi connectivity index (χ1n) is 12.8. The molecule has 4 aromatic carbocycles. The minimum absolute atomic E-state index is 0.0894. The van der Waals surface area contributed by atoms with Crippen LogP contribution in [0, 0.1) is 0 Å². The second-order valence-corrected chi connectivity index (χ2v) is 11.2. The normalized spacial score (nSPS) is 11.9. The van der Waals surface area contributed by atoms with E-state index in [1.54, 1.807) is 61.6 Å². The maximum Gasteiger partial charge on any atom is 0.261 e. The Bertz CT molecular complexity index is 1860. The van der Waals surface area contributed by atoms with E-state index in [2.05, 4.69) is 9.71 Å². The number of aliphatic imine (C=N–C) groups is 1. The fraction of sp³-hybridized carbons (Fsp3) is 0.0968. The Balaban J connectivity index is 1.60. The number of carbonyl (C=O) groups excluding carboxylic acids is 1. The van der Waals surface area contributed by atoms with Gasteiger partial charge in [0.1, 0.15) is 0 Å². The number of sulfonamides is 1. The fourth-order valence-corrected chi connectivity index (χ4v) is 5.58. The summed E-state index contributed by atoms with van der Waals surface area (Å²) in [6.45, 7) is 1.71. The van der Waals surface area contributed by atoms with Crippen molar-refractivity contribution in [2.24, 2.45) is 10.7 Å². The van der Waals surface area contributed by atoms with Crippen LogP contribution in [0.15, 0.2) is 107 Å². The molecule has 0 aliphatic carbocycles. The van der Waals surface area contributed by atoms with Gasteiger partial charge < -0.3 is 20.7 Å². The number of rotatable bonds is 8. The van der Waals surface area contributed by atoms with E-state index < -0.39 is 10.0 Å². The predicted octanol–water partition coefficient (Wildman–Crippen LogP) is 5.28. The first-order valence-corrected chi connectivity index (χ1v) is 14.3. The van der Waals surface area contributed by atoms with Gasteiger partial charge in [-0.25, -0.2) is 13.4 Å². The molecule has 5 N–H and O–H groups in total. The van der Waals surface area contributed by atoms with Crippen LogP contribution in [0.3, 0.4) is 0 Å². The van der Waals surface area contributed by atoms with E-state index in [4.69, 9.17) is 10.7 Å². The van der Waals surface area contributed by atoms with Crippen molar-refractivity contribution in [2.45, 2.75) is 18.4 Å². The first-order chi connectivity index (χ1) is 19.7. The van der Waals surface area contributed by atoms with Crippen LogP contribution in [0.25, 0.3) is 10.9 Å². The molecule has 0 fully saturated rings. The number of aromatic nitrogens is 1. The molecular weight excluding hydrogens is 538 g/mol. The Kier molecular flexibility index (Phi) is 7.60. The van der Waals surface area contributed by atoms with Crippen LogP contribution in [-0.4, -0.2) is 37.2 Å². The average molecular weight is 568 g/mol. The molecule has 208 valence electrons. The molecule has 1 heterocycles. The van der Waals surface area contributed by atoms with Crippen molar-refractivity contribution in [1.82, 2.24) is 4.98 Å². The van der Waals surface area contributed by atoms with Crippen LogP contribution < -0.4 is 15.4 Å². The molecule has 0 saturated heterocycles. The van der Waals surface area contributed by atoms with Gasteiger partial charge >= 0.3 is 0 Å². The Morgan fingerprint density at radius 3 is 2.39 bits per heavy atom. The highest BCUT2D eigenvalue weighted by atomic mass is 32.2. The smallest absolute Gasteiger partial charge is 0.261 e. The summed E-state index contributed by atoms with van der Waals surface area (Å²) in [6, 6.07) is 28.0. The molecule has 41 heavy (non-hydrogen) atoms. The van der Waals surface area contributed by atoms with Crippen LogP contribution in [-0.2, 0) is 21.4 Å². The first kappa shape index (κ1) is 27.6. The highest BCUT2D eigenvalue weighted by Gasteiger charge is 2.21. The van der Waals surface area contributed by atoms with Gasteiger partial charge in [-0.05, 0) is 60.2 Å². The highest BCUT2D eigenvalue weighted by Crippen LogP contribution is 2.34. The lowest BCUT2D eigenvalue weighted by atomic mass is 10.0. The van der Waals surface area contributed by atoms with Crippen LogP contribution in [0.4, 0.5) is 17.1 Å². The van der Waals surface area contributed by atoms with Gasteiger partial charge in [0.25, 0.3) is 10.0 Å². The topological polar surface area (TPSA) is 141 Å². The molecular formula is C31H29N5O4S. The standard InChI is InChI=1S/C31H29N5O4S/c1-20(37)36(2)25-14-11-23(12-15-25)33-30(22-8-4-3-5-9-22)29-27-18-24(13-16-28(27)34-31(29)38)35-41(39,40)26-10-6-7-21(17-26)19-32/h3-18,34-35,38H,19,32H2,1-2H3. The number of nitrogens with two attached hydrogens (primary N) is 1. The predicted molar refractivity (Wildman–Crippen MR) is 162 cm³/mol. The average Bonchev–Trinajstić information content (AvgIpc) is 3.30. The van der Waals surface area contributed by atoms with Crippen LogP contribution in [0.2, 0.25) is 0 Å². The van der Waals surface area contributed by atoms with Crippen molar-refractivity contribution in [3.8, 4) is 5.88 Å². The molecule has 1 aromatic heterocycles. The molecule has 0 aliphatic rings. The number of hydrogen-bond acceptors (Lipinski definition) is 6. The van der Waals surface area contributed by atoms with Gasteiger partial charge in [-0.1, -0.05) is 42.5 Å². The lowest BCUT2D eigenvalue weighted by Gasteiger charge is -2.15. The Labute approximate surface area is 238 Å². The van der Waals surface area contributed by atoms with Crippen molar-refractivity contribution in [3.63, 3.8) is 0 Å². The molecule has 5 rings (SSSR count). The number of anilines is 2. The summed E-state index contributed by atoms with van der Waals surface area (Å²) < 4.78 is 28.9. The molecule has 0 saturated carbocycles. The van der Waals surface area contributed by atoms with E-state index in [9.17, 15) is 18.3 Å². The van der Waals surface area contributed by atoms with E-state index >= 15 is 0 Å². The molecule has 10 heteroatoms. The quantitative estimate of drug-likeness (QED) is 0.189. The largest absolute Gasteiger partial charge is 0.494 e. The minimum atomic E-state index is -3.90. The van der Waals surface area contributed by atoms with Gasteiger partial charge in [0.15, 0.2) is 5.88 Å². The lowest BCUT2D eigenvalue weighted by Crippen LogP contribution is -2.22. The summed E-state index contributed by atoms with van der Waals surface area (Å²) >= 11 is 0. The Morgan fingerprint density at radius 2 is 1.71 bits per heavy atom. The minimum Gasteiger partial charge on any atom is -0.494 e. The molecule has 5 aromatic rings. The molecule has 0 unspecified atom stereocenters. The highest BCUT2D eigenvalue weighted by molar-refractivity contribution is 7.92. The summed E-state index contributed by atoms with van der Waals surface area (Å²) in [5.74, 6) is -0.195. The van der Waals surface area contributed by atoms with Crippen molar-refractivity contribution in [3.05, 3.63) is 114 Å². The van der Waals surface area contributed by atoms with Gasteiger partial charge in [-0.15, -0.1) is 0 Å². The van der Waals surface area contributed by atoms with Crippen LogP contribution in [0.5, 0.6) is 5.88 Å². The van der Waals surface area contributed by atoms with Crippen molar-refractivity contribution in [2.75, 3.05) is 16.7 Å². The summed E-state index contributed by atoms with van der Waals surface area (Å²) in [6.07, 6.45) is 0. The monoisotopic (exact) mass is 567 g/mol. The van der Waals surface area contributed by atoms with Crippen molar-refractivity contribution in [1.29, 1.82) is 0 Å². The lowest BCUT2D eigenvalue weighted by molar-refractivity contribution is -0.116. The number of aromatic hydroxyl groups is 1. The molecule has 0 radical (unpaired) electrons. The van der Waals surface area contributed by atoms with E-state index in [0.29, 0.717) is 39.1 Å². The number of nitrogens with zero attached hydrogens (tertiary/aromatic N) is 2. The zero-order valence-corrected chi connectivity index (χ0v) is 23.3. The Hall–Kier alpha value is -4.93. The number of hydrogen-bond donors (Lipinski definition) is 4. The van der Waals surface area contributed by atoms with Crippen molar-refractivity contribution >= 4 is 49.6 Å². The summed E-state index contributed by atoms with van der Waals surface area (Å²) in [7, 11) is -2.20. The number of fused-ring (bicyclic) bond motifs is 1. The summed E-state index contributed by atoms with van der Waals surface area (Å²) in [5, 5.41) is 11.6. The Morgan fingerprint density at radius 1 is 0.976 bits per heavy atom. The molecule has 0 aliphatic heterocycles. The number of H-pyrrole nitrogens is 1. The van der Waals surface area contributed by atoms with E-state index in [1.165, 1.54) is 24.0 Å². The number of nitrogens with one attached hydrogen (secondary N) is 2. The third-order valence-corrected chi connectivity index (χ3v) is 8.09. The number of amides is 1. The van der Waals surface area contributed by atoms with Gasteiger partial charge in [0.05, 0.1) is 21.9 Å². The third kappa shape index (κ3) is 5.84. The molecule has 0 atom stereocenters. The van der Waals surface area contributed by atoms with Gasteiger partial charge in [0, 0.05) is 48.4 Å². The SMILES string of the molecule is CC(=O)N(C)c1ccc(N=C(c2ccccc2)c2c(O)[nH]c3ccc(NS(=O)(=O)c4cccc(CN)c4)cc23)cc1. The zero-order chi connectivity index (χ0) is 29.1. The number of aromatic amines is 1. The second kappa shape index (κ2) is 11.3. The zero-order valence-electron chi connectivity index (χ0n) is 22.5.